The van der Waals surface area contributed by atoms with Crippen LogP contribution in [0.4, 0.5) is 11.4 Å². The quantitative estimate of drug-likeness (QED) is 0.206. The second-order valence-corrected chi connectivity index (χ2v) is 12.9. The van der Waals surface area contributed by atoms with Crippen molar-refractivity contribution in [2.24, 2.45) is 0 Å². The van der Waals surface area contributed by atoms with Gasteiger partial charge in [0.2, 0.25) is 0 Å². The van der Waals surface area contributed by atoms with Gasteiger partial charge in [-0.1, -0.05) is 152 Å². The first-order valence-electron chi connectivity index (χ1n) is 16.8. The van der Waals surface area contributed by atoms with E-state index in [9.17, 15) is 0 Å². The zero-order valence-corrected chi connectivity index (χ0v) is 26.7. The van der Waals surface area contributed by atoms with Crippen molar-refractivity contribution in [3.8, 4) is 22.3 Å². The van der Waals surface area contributed by atoms with Gasteiger partial charge in [0.1, 0.15) is 5.58 Å². The van der Waals surface area contributed by atoms with Crippen LogP contribution in [0.3, 0.4) is 0 Å². The molecule has 1 heterocycles. The number of hydrogen-bond donors (Lipinski definition) is 1. The van der Waals surface area contributed by atoms with Crippen molar-refractivity contribution in [3.05, 3.63) is 204 Å². The van der Waals surface area contributed by atoms with E-state index >= 15 is 0 Å². The SMILES string of the molecule is c1ccc(C2(c3ccccc3)c3ccccc3-c3ccc(-c4ccc(Nc5cccc6c5oc5c7ccccc7ccc65)cc4)cc32)cc1. The molecule has 0 atom stereocenters. The number of para-hydroxylation sites is 1. The summed E-state index contributed by atoms with van der Waals surface area (Å²) in [5.41, 5.74) is 13.5. The van der Waals surface area contributed by atoms with Crippen molar-refractivity contribution in [1.29, 1.82) is 0 Å². The van der Waals surface area contributed by atoms with E-state index in [1.165, 1.54) is 49.9 Å². The molecule has 0 aliphatic heterocycles. The zero-order chi connectivity index (χ0) is 32.4. The molecule has 49 heavy (non-hydrogen) atoms. The molecule has 8 aromatic carbocycles. The first kappa shape index (κ1) is 27.7. The monoisotopic (exact) mass is 625 g/mol. The van der Waals surface area contributed by atoms with Gasteiger partial charge in [0, 0.05) is 21.8 Å². The highest BCUT2D eigenvalue weighted by Crippen LogP contribution is 2.56. The third-order valence-corrected chi connectivity index (χ3v) is 10.3. The van der Waals surface area contributed by atoms with Crippen LogP contribution < -0.4 is 5.32 Å². The van der Waals surface area contributed by atoms with Crippen LogP contribution in [0.25, 0.3) is 55.0 Å². The minimum atomic E-state index is -0.414. The Labute approximate surface area is 284 Å². The summed E-state index contributed by atoms with van der Waals surface area (Å²) in [5, 5.41) is 8.21. The first-order chi connectivity index (χ1) is 24.3. The molecule has 0 fully saturated rings. The van der Waals surface area contributed by atoms with E-state index in [1.807, 2.05) is 0 Å². The number of furan rings is 1. The minimum absolute atomic E-state index is 0.414. The number of fused-ring (bicyclic) bond motifs is 8. The van der Waals surface area contributed by atoms with E-state index in [0.29, 0.717) is 0 Å². The highest BCUT2D eigenvalue weighted by Gasteiger charge is 2.46. The van der Waals surface area contributed by atoms with Crippen molar-refractivity contribution in [2.45, 2.75) is 5.41 Å². The lowest BCUT2D eigenvalue weighted by molar-refractivity contribution is 0.674. The Hall–Kier alpha value is -6.38. The average molecular weight is 626 g/mol. The van der Waals surface area contributed by atoms with Gasteiger partial charge in [-0.2, -0.15) is 0 Å². The molecule has 0 unspecified atom stereocenters. The van der Waals surface area contributed by atoms with Crippen LogP contribution in [0.2, 0.25) is 0 Å². The maximum atomic E-state index is 6.56. The molecule has 9 aromatic rings. The molecule has 10 rings (SSSR count). The fourth-order valence-electron chi connectivity index (χ4n) is 8.15. The van der Waals surface area contributed by atoms with Crippen LogP contribution in [-0.2, 0) is 5.41 Å². The predicted octanol–water partition coefficient (Wildman–Crippen LogP) is 12.5. The lowest BCUT2D eigenvalue weighted by Gasteiger charge is -2.34. The molecule has 0 bridgehead atoms. The number of rotatable bonds is 5. The molecule has 2 heteroatoms. The van der Waals surface area contributed by atoms with Crippen LogP contribution in [0, 0.1) is 0 Å². The predicted molar refractivity (Wildman–Crippen MR) is 204 cm³/mol. The lowest BCUT2D eigenvalue weighted by atomic mass is 9.67. The highest BCUT2D eigenvalue weighted by molar-refractivity contribution is 6.17. The van der Waals surface area contributed by atoms with Crippen LogP contribution in [0.15, 0.2) is 186 Å². The van der Waals surface area contributed by atoms with Crippen LogP contribution in [-0.4, -0.2) is 0 Å². The molecule has 0 saturated carbocycles. The minimum Gasteiger partial charge on any atom is -0.453 e. The van der Waals surface area contributed by atoms with Crippen molar-refractivity contribution in [3.63, 3.8) is 0 Å². The van der Waals surface area contributed by atoms with Gasteiger partial charge in [-0.25, -0.2) is 0 Å². The Morgan fingerprint density at radius 3 is 1.84 bits per heavy atom. The van der Waals surface area contributed by atoms with Gasteiger partial charge in [-0.3, -0.25) is 0 Å². The van der Waals surface area contributed by atoms with Crippen LogP contribution in [0.5, 0.6) is 0 Å². The van der Waals surface area contributed by atoms with Gasteiger partial charge in [0.25, 0.3) is 0 Å². The standard InChI is InChI=1S/C47H31NO/c1-3-13-34(14-4-1)47(35-15-5-2-6-16-35)42-20-10-9-18-38(42)39-28-25-33(30-43(39)47)31-22-26-36(27-23-31)48-44-21-11-19-40-41-29-24-32-12-7-8-17-37(32)45(41)49-46(40)44/h1-30,48H. The molecule has 1 N–H and O–H groups in total. The Bertz CT molecular complexity index is 2630. The maximum Gasteiger partial charge on any atom is 0.158 e. The molecule has 0 spiro atoms. The highest BCUT2D eigenvalue weighted by atomic mass is 16.3. The molecule has 0 saturated heterocycles. The van der Waals surface area contributed by atoms with Gasteiger partial charge in [0.15, 0.2) is 5.58 Å². The summed E-state index contributed by atoms with van der Waals surface area (Å²) in [7, 11) is 0. The summed E-state index contributed by atoms with van der Waals surface area (Å²) in [6, 6.07) is 65.7. The van der Waals surface area contributed by atoms with Gasteiger partial charge in [0.05, 0.1) is 11.1 Å². The van der Waals surface area contributed by atoms with Crippen molar-refractivity contribution in [1.82, 2.24) is 0 Å². The molecule has 2 nitrogen and oxygen atoms in total. The lowest BCUT2D eigenvalue weighted by Crippen LogP contribution is -2.28. The first-order valence-corrected chi connectivity index (χ1v) is 16.8. The Kier molecular flexibility index (Phi) is 6.13. The number of anilines is 2. The summed E-state index contributed by atoms with van der Waals surface area (Å²) in [6.07, 6.45) is 0. The molecule has 0 radical (unpaired) electrons. The molecule has 0 amide bonds. The van der Waals surface area contributed by atoms with Crippen LogP contribution in [0.1, 0.15) is 22.3 Å². The molecule has 1 aliphatic rings. The normalized spacial score (nSPS) is 13.1. The van der Waals surface area contributed by atoms with E-state index in [0.717, 1.165) is 38.7 Å². The summed E-state index contributed by atoms with van der Waals surface area (Å²) < 4.78 is 6.56. The Morgan fingerprint density at radius 1 is 0.408 bits per heavy atom. The molecule has 1 aromatic heterocycles. The van der Waals surface area contributed by atoms with E-state index in [2.05, 4.69) is 187 Å². The second-order valence-electron chi connectivity index (χ2n) is 12.9. The second kappa shape index (κ2) is 10.8. The average Bonchev–Trinajstić information content (AvgIpc) is 3.71. The summed E-state index contributed by atoms with van der Waals surface area (Å²) in [6.45, 7) is 0. The number of nitrogens with one attached hydrogen (secondary N) is 1. The molecule has 230 valence electrons. The van der Waals surface area contributed by atoms with Gasteiger partial charge in [-0.05, 0) is 80.2 Å². The smallest absolute Gasteiger partial charge is 0.158 e. The van der Waals surface area contributed by atoms with E-state index < -0.39 is 5.41 Å². The van der Waals surface area contributed by atoms with Crippen molar-refractivity contribution >= 4 is 44.1 Å². The Morgan fingerprint density at radius 2 is 1.04 bits per heavy atom. The van der Waals surface area contributed by atoms with E-state index in [-0.39, 0.29) is 0 Å². The van der Waals surface area contributed by atoms with E-state index in [1.54, 1.807) is 0 Å². The summed E-state index contributed by atoms with van der Waals surface area (Å²) >= 11 is 0. The van der Waals surface area contributed by atoms with Gasteiger partial charge < -0.3 is 9.73 Å². The van der Waals surface area contributed by atoms with Crippen molar-refractivity contribution in [2.75, 3.05) is 5.32 Å². The number of benzene rings is 8. The molecule has 1 aliphatic carbocycles. The molecular formula is C47H31NO. The van der Waals surface area contributed by atoms with Crippen molar-refractivity contribution < 1.29 is 4.42 Å². The maximum absolute atomic E-state index is 6.56. The third-order valence-electron chi connectivity index (χ3n) is 10.3. The third kappa shape index (κ3) is 4.14. The van der Waals surface area contributed by atoms with Crippen LogP contribution >= 0.6 is 0 Å². The topological polar surface area (TPSA) is 25.2 Å². The summed E-state index contributed by atoms with van der Waals surface area (Å²) in [5.74, 6) is 0. The molecular weight excluding hydrogens is 595 g/mol. The fraction of sp³-hybridized carbons (Fsp3) is 0.0213. The van der Waals surface area contributed by atoms with Gasteiger partial charge in [-0.15, -0.1) is 0 Å². The van der Waals surface area contributed by atoms with E-state index in [4.69, 9.17) is 4.42 Å². The summed E-state index contributed by atoms with van der Waals surface area (Å²) in [4.78, 5) is 0. The number of hydrogen-bond acceptors (Lipinski definition) is 2. The Balaban J connectivity index is 1.06. The fourth-order valence-corrected chi connectivity index (χ4v) is 8.15. The largest absolute Gasteiger partial charge is 0.453 e. The van der Waals surface area contributed by atoms with Gasteiger partial charge >= 0.3 is 0 Å². The zero-order valence-electron chi connectivity index (χ0n) is 26.7.